The first kappa shape index (κ1) is 18.0. The lowest BCUT2D eigenvalue weighted by molar-refractivity contribution is -0.133. The summed E-state index contributed by atoms with van der Waals surface area (Å²) in [5, 5.41) is 0.726. The van der Waals surface area contributed by atoms with Gasteiger partial charge in [-0.2, -0.15) is 0 Å². The highest BCUT2D eigenvalue weighted by molar-refractivity contribution is 7.15. The van der Waals surface area contributed by atoms with Crippen molar-refractivity contribution in [3.8, 4) is 10.4 Å². The number of amides is 1. The van der Waals surface area contributed by atoms with Crippen molar-refractivity contribution in [2.45, 2.75) is 32.0 Å². The zero-order chi connectivity index (χ0) is 18.8. The second kappa shape index (κ2) is 7.71. The summed E-state index contributed by atoms with van der Waals surface area (Å²) in [6, 6.07) is 17.1. The van der Waals surface area contributed by atoms with Gasteiger partial charge in [0.15, 0.2) is 0 Å². The number of hydrogen-bond acceptors (Lipinski definition) is 3. The van der Waals surface area contributed by atoms with Crippen LogP contribution in [0.15, 0.2) is 65.6 Å². The van der Waals surface area contributed by atoms with Crippen molar-refractivity contribution in [3.05, 3.63) is 81.0 Å². The zero-order valence-electron chi connectivity index (χ0n) is 14.7. The molecule has 1 aromatic carbocycles. The molecule has 0 unspecified atom stereocenters. The Morgan fingerprint density at radius 2 is 1.89 bits per heavy atom. The number of thiophene rings is 1. The zero-order valence-corrected chi connectivity index (χ0v) is 16.2. The third-order valence-corrected chi connectivity index (χ3v) is 6.07. The predicted octanol–water partition coefficient (Wildman–Crippen LogP) is 4.42. The minimum Gasteiger partial charge on any atom is -0.333 e. The van der Waals surface area contributed by atoms with Gasteiger partial charge in [-0.1, -0.05) is 35.9 Å². The third-order valence-electron chi connectivity index (χ3n) is 4.64. The van der Waals surface area contributed by atoms with Crippen molar-refractivity contribution in [3.63, 3.8) is 0 Å². The number of pyridine rings is 1. The maximum atomic E-state index is 12.8. The largest absolute Gasteiger partial charge is 0.333 e. The lowest BCUT2D eigenvalue weighted by atomic mass is 10.2. The molecule has 1 fully saturated rings. The van der Waals surface area contributed by atoms with Crippen molar-refractivity contribution in [2.75, 3.05) is 0 Å². The topological polar surface area (TPSA) is 42.3 Å². The first-order valence-electron chi connectivity index (χ1n) is 8.90. The molecule has 0 saturated heterocycles. The van der Waals surface area contributed by atoms with Crippen LogP contribution in [0.4, 0.5) is 0 Å². The van der Waals surface area contributed by atoms with E-state index in [2.05, 4.69) is 12.1 Å². The van der Waals surface area contributed by atoms with E-state index in [1.54, 1.807) is 29.7 Å². The number of carbonyl (C=O) groups is 1. The molecule has 138 valence electrons. The molecule has 2 aromatic heterocycles. The number of rotatable bonds is 6. The van der Waals surface area contributed by atoms with Crippen LogP contribution in [-0.4, -0.2) is 21.4 Å². The summed E-state index contributed by atoms with van der Waals surface area (Å²) in [4.78, 5) is 28.8. The van der Waals surface area contributed by atoms with Crippen LogP contribution in [0.3, 0.4) is 0 Å². The Morgan fingerprint density at radius 3 is 2.63 bits per heavy atom. The molecule has 6 heteroatoms. The Balaban J connectivity index is 1.51. The number of aromatic nitrogens is 1. The number of hydrogen-bond donors (Lipinski definition) is 0. The number of nitrogens with zero attached hydrogens (tertiary/aromatic N) is 2. The van der Waals surface area contributed by atoms with E-state index in [1.807, 2.05) is 29.2 Å². The van der Waals surface area contributed by atoms with E-state index in [1.165, 1.54) is 10.6 Å². The number of halogens is 1. The van der Waals surface area contributed by atoms with Gasteiger partial charge in [0.05, 0.1) is 6.54 Å². The molecule has 0 N–H and O–H groups in total. The molecule has 1 aliphatic rings. The molecular formula is C21H19ClN2O2S. The van der Waals surface area contributed by atoms with Gasteiger partial charge in [-0.25, -0.2) is 0 Å². The average molecular weight is 399 g/mol. The monoisotopic (exact) mass is 398 g/mol. The molecule has 0 spiro atoms. The van der Waals surface area contributed by atoms with E-state index in [-0.39, 0.29) is 24.1 Å². The first-order valence-corrected chi connectivity index (χ1v) is 10.1. The van der Waals surface area contributed by atoms with Crippen molar-refractivity contribution in [1.82, 2.24) is 9.47 Å². The molecule has 0 atom stereocenters. The molecule has 27 heavy (non-hydrogen) atoms. The van der Waals surface area contributed by atoms with Crippen LogP contribution in [-0.2, 0) is 17.9 Å². The molecule has 3 aromatic rings. The van der Waals surface area contributed by atoms with Crippen LogP contribution >= 0.6 is 22.9 Å². The number of benzene rings is 1. The SMILES string of the molecule is O=C(Cn1ccccc1=O)N(Cc1ccc(-c2ccccc2Cl)s1)C1CC1. The van der Waals surface area contributed by atoms with Crippen LogP contribution in [0.1, 0.15) is 17.7 Å². The third kappa shape index (κ3) is 4.15. The Bertz CT molecular complexity index is 1020. The van der Waals surface area contributed by atoms with E-state index >= 15 is 0 Å². The lowest BCUT2D eigenvalue weighted by Gasteiger charge is -2.22. The summed E-state index contributed by atoms with van der Waals surface area (Å²) in [6.07, 6.45) is 3.71. The molecule has 1 aliphatic carbocycles. The highest BCUT2D eigenvalue weighted by Crippen LogP contribution is 2.35. The van der Waals surface area contributed by atoms with Crippen LogP contribution in [0.25, 0.3) is 10.4 Å². The summed E-state index contributed by atoms with van der Waals surface area (Å²) in [6.45, 7) is 0.652. The molecule has 0 bridgehead atoms. The maximum absolute atomic E-state index is 12.8. The minimum atomic E-state index is -0.154. The van der Waals surface area contributed by atoms with Crippen molar-refractivity contribution < 1.29 is 4.79 Å². The average Bonchev–Trinajstić information content (AvgIpc) is 3.40. The standard InChI is InChI=1S/C21H19ClN2O2S/c22-18-6-2-1-5-17(18)19-11-10-16(27-19)13-24(15-8-9-15)21(26)14-23-12-4-3-7-20(23)25/h1-7,10-12,15H,8-9,13-14H2. The van der Waals surface area contributed by atoms with Crippen LogP contribution in [0.5, 0.6) is 0 Å². The quantitative estimate of drug-likeness (QED) is 0.616. The molecule has 0 radical (unpaired) electrons. The second-order valence-electron chi connectivity index (χ2n) is 6.67. The Labute approximate surface area is 166 Å². The van der Waals surface area contributed by atoms with E-state index in [0.717, 1.165) is 33.2 Å². The van der Waals surface area contributed by atoms with Crippen molar-refractivity contribution in [1.29, 1.82) is 0 Å². The van der Waals surface area contributed by atoms with E-state index in [0.29, 0.717) is 6.54 Å². The molecular weight excluding hydrogens is 380 g/mol. The van der Waals surface area contributed by atoms with Crippen LogP contribution in [0.2, 0.25) is 5.02 Å². The van der Waals surface area contributed by atoms with Crippen LogP contribution < -0.4 is 5.56 Å². The van der Waals surface area contributed by atoms with Crippen LogP contribution in [0, 0.1) is 0 Å². The van der Waals surface area contributed by atoms with Gasteiger partial charge in [-0.15, -0.1) is 11.3 Å². The first-order chi connectivity index (χ1) is 13.1. The summed E-state index contributed by atoms with van der Waals surface area (Å²) >= 11 is 7.95. The van der Waals surface area contributed by atoms with E-state index in [4.69, 9.17) is 11.6 Å². The van der Waals surface area contributed by atoms with Gasteiger partial charge in [0.25, 0.3) is 5.56 Å². The highest BCUT2D eigenvalue weighted by Gasteiger charge is 2.32. The van der Waals surface area contributed by atoms with E-state index in [9.17, 15) is 9.59 Å². The predicted molar refractivity (Wildman–Crippen MR) is 109 cm³/mol. The smallest absolute Gasteiger partial charge is 0.250 e. The van der Waals surface area contributed by atoms with E-state index < -0.39 is 0 Å². The fourth-order valence-electron chi connectivity index (χ4n) is 3.07. The molecule has 1 saturated carbocycles. The lowest BCUT2D eigenvalue weighted by Crippen LogP contribution is -2.37. The fraction of sp³-hybridized carbons (Fsp3) is 0.238. The van der Waals surface area contributed by atoms with Gasteiger partial charge in [0.2, 0.25) is 5.91 Å². The van der Waals surface area contributed by atoms with Crippen molar-refractivity contribution in [2.24, 2.45) is 0 Å². The summed E-state index contributed by atoms with van der Waals surface area (Å²) in [7, 11) is 0. The Kier molecular flexibility index (Phi) is 5.14. The Morgan fingerprint density at radius 1 is 1.11 bits per heavy atom. The van der Waals surface area contributed by atoms with Crippen molar-refractivity contribution >= 4 is 28.8 Å². The maximum Gasteiger partial charge on any atom is 0.250 e. The highest BCUT2D eigenvalue weighted by atomic mass is 35.5. The molecule has 2 heterocycles. The minimum absolute atomic E-state index is 0.0153. The molecule has 4 nitrogen and oxygen atoms in total. The summed E-state index contributed by atoms with van der Waals surface area (Å²) in [5.41, 5.74) is 0.856. The van der Waals surface area contributed by atoms with Gasteiger partial charge in [0.1, 0.15) is 6.54 Å². The molecule has 0 aliphatic heterocycles. The number of carbonyl (C=O) groups excluding carboxylic acids is 1. The summed E-state index contributed by atoms with van der Waals surface area (Å²) < 4.78 is 1.46. The van der Waals surface area contributed by atoms with Gasteiger partial charge < -0.3 is 9.47 Å². The summed E-state index contributed by atoms with van der Waals surface area (Å²) in [5.74, 6) is -0.0153. The second-order valence-corrected chi connectivity index (χ2v) is 8.24. The van der Waals surface area contributed by atoms with Gasteiger partial charge in [0, 0.05) is 38.6 Å². The van der Waals surface area contributed by atoms with Gasteiger partial charge in [-0.05, 0) is 37.1 Å². The molecule has 1 amide bonds. The fourth-order valence-corrected chi connectivity index (χ4v) is 4.41. The Hall–Kier alpha value is -2.37. The van der Waals surface area contributed by atoms with Gasteiger partial charge in [-0.3, -0.25) is 9.59 Å². The van der Waals surface area contributed by atoms with Gasteiger partial charge >= 0.3 is 0 Å². The molecule has 4 rings (SSSR count). The normalized spacial score (nSPS) is 13.5.